The number of carbonyl (C=O) groups excluding carboxylic acids is 2. The number of para-hydroxylation sites is 1. The topological polar surface area (TPSA) is 61.8 Å². The Labute approximate surface area is 198 Å². The van der Waals surface area contributed by atoms with E-state index in [4.69, 9.17) is 4.99 Å². The third kappa shape index (κ3) is 6.31. The van der Waals surface area contributed by atoms with Crippen LogP contribution in [-0.4, -0.2) is 30.7 Å². The summed E-state index contributed by atoms with van der Waals surface area (Å²) in [6, 6.07) is 17.6. The van der Waals surface area contributed by atoms with Crippen LogP contribution in [0.15, 0.2) is 59.6 Å². The lowest BCUT2D eigenvalue weighted by molar-refractivity contribution is -0.130. The lowest BCUT2D eigenvalue weighted by Crippen LogP contribution is -2.47. The van der Waals surface area contributed by atoms with Crippen LogP contribution in [0.4, 0.5) is 5.69 Å². The molecular weight excluding hydrogens is 410 g/mol. The fourth-order valence-electron chi connectivity index (χ4n) is 4.44. The summed E-state index contributed by atoms with van der Waals surface area (Å²) in [6.07, 6.45) is 7.54. The van der Waals surface area contributed by atoms with Gasteiger partial charge < -0.3 is 10.2 Å². The summed E-state index contributed by atoms with van der Waals surface area (Å²) in [6.45, 7) is 4.31. The van der Waals surface area contributed by atoms with E-state index in [2.05, 4.69) is 19.2 Å². The lowest BCUT2D eigenvalue weighted by atomic mass is 9.95. The molecule has 1 heterocycles. The van der Waals surface area contributed by atoms with Crippen LogP contribution in [0, 0.1) is 5.92 Å². The highest BCUT2D eigenvalue weighted by atomic mass is 16.2. The predicted octanol–water partition coefficient (Wildman–Crippen LogP) is 5.72. The van der Waals surface area contributed by atoms with Crippen LogP contribution in [0.5, 0.6) is 0 Å². The van der Waals surface area contributed by atoms with Gasteiger partial charge in [-0.05, 0) is 18.9 Å². The summed E-state index contributed by atoms with van der Waals surface area (Å²) in [4.78, 5) is 33.0. The van der Waals surface area contributed by atoms with Gasteiger partial charge >= 0.3 is 0 Å². The molecule has 33 heavy (non-hydrogen) atoms. The van der Waals surface area contributed by atoms with Gasteiger partial charge in [-0.2, -0.15) is 0 Å². The minimum atomic E-state index is -0.940. The maximum atomic E-state index is 13.3. The number of rotatable bonds is 11. The Kier molecular flexibility index (Phi) is 9.23. The van der Waals surface area contributed by atoms with Crippen molar-refractivity contribution in [3.05, 3.63) is 65.7 Å². The van der Waals surface area contributed by atoms with E-state index in [9.17, 15) is 9.59 Å². The van der Waals surface area contributed by atoms with E-state index in [0.717, 1.165) is 54.6 Å². The molecule has 1 unspecified atom stereocenters. The number of nitrogens with one attached hydrogen (secondary N) is 1. The Morgan fingerprint density at radius 2 is 1.64 bits per heavy atom. The zero-order valence-electron chi connectivity index (χ0n) is 20.2. The van der Waals surface area contributed by atoms with Crippen LogP contribution in [0.25, 0.3) is 0 Å². The van der Waals surface area contributed by atoms with E-state index in [1.807, 2.05) is 54.6 Å². The molecular formula is C28H37N3O2. The fourth-order valence-corrected chi connectivity index (χ4v) is 4.44. The second-order valence-electron chi connectivity index (χ2n) is 8.86. The molecule has 0 saturated heterocycles. The SMILES string of the molecule is CCCCCCCC(CCC)C(=O)N[C@H]1N=C(c2ccccc2)c2ccccc2N(C)C1=O. The van der Waals surface area contributed by atoms with Crippen LogP contribution < -0.4 is 10.2 Å². The Bertz CT molecular complexity index is 955. The number of carbonyl (C=O) groups is 2. The fraction of sp³-hybridized carbons (Fsp3) is 0.464. The molecule has 0 spiro atoms. The molecule has 0 radical (unpaired) electrons. The van der Waals surface area contributed by atoms with Gasteiger partial charge in [0.1, 0.15) is 0 Å². The molecule has 5 nitrogen and oxygen atoms in total. The van der Waals surface area contributed by atoms with E-state index in [1.54, 1.807) is 11.9 Å². The number of nitrogens with zero attached hydrogens (tertiary/aromatic N) is 2. The molecule has 2 amide bonds. The molecule has 0 aromatic heterocycles. The monoisotopic (exact) mass is 447 g/mol. The molecule has 1 aliphatic heterocycles. The van der Waals surface area contributed by atoms with Crippen LogP contribution >= 0.6 is 0 Å². The van der Waals surface area contributed by atoms with Crippen molar-refractivity contribution < 1.29 is 9.59 Å². The zero-order chi connectivity index (χ0) is 23.6. The number of hydrogen-bond donors (Lipinski definition) is 1. The number of amides is 2. The van der Waals surface area contributed by atoms with E-state index in [1.165, 1.54) is 19.3 Å². The molecule has 0 saturated carbocycles. The van der Waals surface area contributed by atoms with Gasteiger partial charge in [-0.1, -0.05) is 101 Å². The summed E-state index contributed by atoms with van der Waals surface area (Å²) >= 11 is 0. The second-order valence-corrected chi connectivity index (χ2v) is 8.86. The van der Waals surface area contributed by atoms with Gasteiger partial charge in [-0.25, -0.2) is 4.99 Å². The van der Waals surface area contributed by atoms with Gasteiger partial charge in [-0.15, -0.1) is 0 Å². The summed E-state index contributed by atoms with van der Waals surface area (Å²) in [5.41, 5.74) is 3.33. The summed E-state index contributed by atoms with van der Waals surface area (Å²) in [5, 5.41) is 2.99. The number of benzodiazepines with no additional fused rings is 1. The van der Waals surface area contributed by atoms with Gasteiger partial charge in [0, 0.05) is 24.1 Å². The average molecular weight is 448 g/mol. The minimum Gasteiger partial charge on any atom is -0.326 e. The van der Waals surface area contributed by atoms with Gasteiger partial charge in [0.05, 0.1) is 11.4 Å². The smallest absolute Gasteiger partial charge is 0.272 e. The highest BCUT2D eigenvalue weighted by Gasteiger charge is 2.32. The summed E-state index contributed by atoms with van der Waals surface area (Å²) < 4.78 is 0. The number of aliphatic imine (C=N–C) groups is 1. The quantitative estimate of drug-likeness (QED) is 0.448. The number of likely N-dealkylation sites (N-methyl/N-ethyl adjacent to an activating group) is 1. The first-order valence-corrected chi connectivity index (χ1v) is 12.4. The lowest BCUT2D eigenvalue weighted by Gasteiger charge is -2.23. The molecule has 5 heteroatoms. The first-order valence-electron chi connectivity index (χ1n) is 12.4. The molecule has 2 atom stereocenters. The molecule has 1 N–H and O–H groups in total. The van der Waals surface area contributed by atoms with Gasteiger partial charge in [-0.3, -0.25) is 9.59 Å². The molecule has 0 fully saturated rings. The Morgan fingerprint density at radius 3 is 2.36 bits per heavy atom. The first kappa shape index (κ1) is 24.7. The van der Waals surface area contributed by atoms with Crippen molar-refractivity contribution in [2.75, 3.05) is 11.9 Å². The summed E-state index contributed by atoms with van der Waals surface area (Å²) in [7, 11) is 1.75. The van der Waals surface area contributed by atoms with Crippen LogP contribution in [0.2, 0.25) is 0 Å². The summed E-state index contributed by atoms with van der Waals surface area (Å²) in [5.74, 6) is -0.378. The Balaban J connectivity index is 1.85. The molecule has 0 aliphatic carbocycles. The van der Waals surface area contributed by atoms with Crippen molar-refractivity contribution in [2.24, 2.45) is 10.9 Å². The van der Waals surface area contributed by atoms with E-state index >= 15 is 0 Å². The Morgan fingerprint density at radius 1 is 0.939 bits per heavy atom. The van der Waals surface area contributed by atoms with Crippen molar-refractivity contribution in [1.29, 1.82) is 0 Å². The van der Waals surface area contributed by atoms with Crippen LogP contribution in [-0.2, 0) is 9.59 Å². The van der Waals surface area contributed by atoms with Crippen molar-refractivity contribution in [2.45, 2.75) is 71.4 Å². The van der Waals surface area contributed by atoms with Crippen LogP contribution in [0.1, 0.15) is 76.3 Å². The highest BCUT2D eigenvalue weighted by Crippen LogP contribution is 2.27. The van der Waals surface area contributed by atoms with Gasteiger partial charge in [0.25, 0.3) is 5.91 Å². The standard InChI is InChI=1S/C28H37N3O2/c1-4-6-7-8-10-18-22(15-5-2)27(32)30-26-28(33)31(3)24-20-14-13-19-23(24)25(29-26)21-16-11-9-12-17-21/h9,11-14,16-17,19-20,22,26H,4-8,10,15,18H2,1-3H3,(H,30,32)/t22?,26-/m1/s1. The number of benzene rings is 2. The highest BCUT2D eigenvalue weighted by molar-refractivity contribution is 6.20. The number of fused-ring (bicyclic) bond motifs is 1. The minimum absolute atomic E-state index is 0.0683. The maximum Gasteiger partial charge on any atom is 0.272 e. The van der Waals surface area contributed by atoms with Gasteiger partial charge in [0.2, 0.25) is 12.1 Å². The van der Waals surface area contributed by atoms with Crippen molar-refractivity contribution in [3.8, 4) is 0 Å². The third-order valence-corrected chi connectivity index (χ3v) is 6.33. The zero-order valence-corrected chi connectivity index (χ0v) is 20.2. The number of anilines is 1. The van der Waals surface area contributed by atoms with E-state index in [-0.39, 0.29) is 17.7 Å². The molecule has 0 bridgehead atoms. The van der Waals surface area contributed by atoms with Crippen LogP contribution in [0.3, 0.4) is 0 Å². The number of hydrogen-bond acceptors (Lipinski definition) is 3. The van der Waals surface area contributed by atoms with E-state index in [0.29, 0.717) is 0 Å². The molecule has 1 aliphatic rings. The molecule has 2 aromatic rings. The predicted molar refractivity (Wildman–Crippen MR) is 136 cm³/mol. The largest absolute Gasteiger partial charge is 0.326 e. The number of unbranched alkanes of at least 4 members (excludes halogenated alkanes) is 4. The second kappa shape index (κ2) is 12.3. The average Bonchev–Trinajstić information content (AvgIpc) is 2.94. The van der Waals surface area contributed by atoms with Crippen molar-refractivity contribution >= 4 is 23.2 Å². The third-order valence-electron chi connectivity index (χ3n) is 6.33. The normalized spacial score (nSPS) is 16.6. The molecule has 2 aromatic carbocycles. The van der Waals surface area contributed by atoms with E-state index < -0.39 is 6.17 Å². The molecule has 176 valence electrons. The first-order chi connectivity index (χ1) is 16.1. The molecule has 3 rings (SSSR count). The van der Waals surface area contributed by atoms with Crippen molar-refractivity contribution in [3.63, 3.8) is 0 Å². The Hall–Kier alpha value is -2.95. The van der Waals surface area contributed by atoms with Gasteiger partial charge in [0.15, 0.2) is 0 Å². The van der Waals surface area contributed by atoms with Crippen molar-refractivity contribution in [1.82, 2.24) is 5.32 Å². The maximum absolute atomic E-state index is 13.3.